The molecule has 5 heteroatoms. The summed E-state index contributed by atoms with van der Waals surface area (Å²) in [6, 6.07) is 8.05. The molecule has 0 spiro atoms. The van der Waals surface area contributed by atoms with E-state index in [0.717, 1.165) is 23.5 Å². The molecule has 0 aliphatic heterocycles. The van der Waals surface area contributed by atoms with Gasteiger partial charge in [0.25, 0.3) is 0 Å². The third kappa shape index (κ3) is 3.47. The van der Waals surface area contributed by atoms with Gasteiger partial charge in [-0.25, -0.2) is 0 Å². The summed E-state index contributed by atoms with van der Waals surface area (Å²) in [7, 11) is 0. The number of rotatable bonds is 2. The Morgan fingerprint density at radius 1 is 0.895 bits per heavy atom. The van der Waals surface area contributed by atoms with Crippen LogP contribution < -0.4 is 4.74 Å². The van der Waals surface area contributed by atoms with Crippen LogP contribution in [-0.2, 0) is 6.18 Å². The van der Waals surface area contributed by atoms with Crippen LogP contribution in [0.3, 0.4) is 0 Å². The zero-order chi connectivity index (χ0) is 14.0. The zero-order valence-electron chi connectivity index (χ0n) is 10.5. The van der Waals surface area contributed by atoms with Crippen molar-refractivity contribution in [3.8, 4) is 11.5 Å². The molecule has 0 N–H and O–H groups in total. The molecule has 2 nitrogen and oxygen atoms in total. The fourth-order valence-corrected chi connectivity index (χ4v) is 1.70. The van der Waals surface area contributed by atoms with Gasteiger partial charge in [-0.2, -0.15) is 13.2 Å². The predicted molar refractivity (Wildman–Crippen MR) is 65.2 cm³/mol. The number of halogens is 3. The number of benzene rings is 1. The van der Waals surface area contributed by atoms with Crippen molar-refractivity contribution in [2.75, 3.05) is 0 Å². The smallest absolute Gasteiger partial charge is 0.416 e. The average Bonchev–Trinajstić information content (AvgIpc) is 2.26. The minimum absolute atomic E-state index is 0.359. The molecule has 0 bridgehead atoms. The van der Waals surface area contributed by atoms with Gasteiger partial charge >= 0.3 is 6.18 Å². The Morgan fingerprint density at radius 3 is 1.89 bits per heavy atom. The minimum Gasteiger partial charge on any atom is -0.457 e. The monoisotopic (exact) mass is 267 g/mol. The first-order valence-corrected chi connectivity index (χ1v) is 5.65. The molecule has 100 valence electrons. The Balaban J connectivity index is 2.20. The first kappa shape index (κ1) is 13.4. The van der Waals surface area contributed by atoms with Gasteiger partial charge in [0, 0.05) is 23.5 Å². The molecule has 2 aromatic rings. The average molecular weight is 267 g/mol. The normalized spacial score (nSPS) is 11.4. The number of aryl methyl sites for hydroxylation is 2. The molecule has 1 aromatic carbocycles. The minimum atomic E-state index is -4.33. The van der Waals surface area contributed by atoms with E-state index >= 15 is 0 Å². The van der Waals surface area contributed by atoms with Crippen molar-refractivity contribution in [1.29, 1.82) is 0 Å². The van der Waals surface area contributed by atoms with Gasteiger partial charge in [-0.3, -0.25) is 4.98 Å². The van der Waals surface area contributed by atoms with E-state index in [9.17, 15) is 13.2 Å². The van der Waals surface area contributed by atoms with E-state index in [-0.39, 0.29) is 0 Å². The summed E-state index contributed by atoms with van der Waals surface area (Å²) < 4.78 is 42.7. The summed E-state index contributed by atoms with van der Waals surface area (Å²) in [4.78, 5) is 4.19. The number of hydrogen-bond donors (Lipinski definition) is 0. The van der Waals surface area contributed by atoms with E-state index in [0.29, 0.717) is 11.5 Å². The van der Waals surface area contributed by atoms with Gasteiger partial charge in [0.2, 0.25) is 0 Å². The molecule has 0 radical (unpaired) electrons. The van der Waals surface area contributed by atoms with Crippen LogP contribution in [0.25, 0.3) is 0 Å². The highest BCUT2D eigenvalue weighted by Crippen LogP contribution is 2.31. The number of hydrogen-bond acceptors (Lipinski definition) is 2. The Hall–Kier alpha value is -2.04. The van der Waals surface area contributed by atoms with E-state index < -0.39 is 11.7 Å². The fraction of sp³-hybridized carbons (Fsp3) is 0.214. The summed E-state index contributed by atoms with van der Waals surface area (Å²) in [6.07, 6.45) is -4.33. The third-order valence-electron chi connectivity index (χ3n) is 2.47. The fourth-order valence-electron chi connectivity index (χ4n) is 1.70. The first-order valence-electron chi connectivity index (χ1n) is 5.65. The molecule has 0 aliphatic carbocycles. The van der Waals surface area contributed by atoms with E-state index in [1.807, 2.05) is 13.8 Å². The molecule has 0 saturated heterocycles. The van der Waals surface area contributed by atoms with Crippen molar-refractivity contribution < 1.29 is 17.9 Å². The van der Waals surface area contributed by atoms with Gasteiger partial charge in [-0.05, 0) is 38.1 Å². The number of aromatic nitrogens is 1. The summed E-state index contributed by atoms with van der Waals surface area (Å²) in [5, 5.41) is 0. The van der Waals surface area contributed by atoms with Gasteiger partial charge in [0.1, 0.15) is 11.5 Å². The molecule has 0 saturated carbocycles. The Labute approximate surface area is 108 Å². The maximum absolute atomic E-state index is 12.4. The molecular formula is C14H12F3NO. The van der Waals surface area contributed by atoms with Crippen LogP contribution in [0.15, 0.2) is 36.4 Å². The van der Waals surface area contributed by atoms with Gasteiger partial charge in [-0.15, -0.1) is 0 Å². The molecule has 0 atom stereocenters. The molecule has 19 heavy (non-hydrogen) atoms. The van der Waals surface area contributed by atoms with Crippen LogP contribution in [0.5, 0.6) is 11.5 Å². The third-order valence-corrected chi connectivity index (χ3v) is 2.47. The zero-order valence-corrected chi connectivity index (χ0v) is 10.5. The van der Waals surface area contributed by atoms with Crippen molar-refractivity contribution in [3.05, 3.63) is 53.3 Å². The topological polar surface area (TPSA) is 22.1 Å². The largest absolute Gasteiger partial charge is 0.457 e. The lowest BCUT2D eigenvalue weighted by Crippen LogP contribution is -2.04. The second kappa shape index (κ2) is 4.91. The second-order valence-corrected chi connectivity index (χ2v) is 4.21. The van der Waals surface area contributed by atoms with E-state index in [2.05, 4.69) is 4.98 Å². The van der Waals surface area contributed by atoms with Crippen LogP contribution in [0, 0.1) is 13.8 Å². The van der Waals surface area contributed by atoms with Crippen LogP contribution >= 0.6 is 0 Å². The SMILES string of the molecule is Cc1cc(Oc2ccc(C(F)(F)F)cc2)cc(C)n1. The molecule has 2 rings (SSSR count). The van der Waals surface area contributed by atoms with E-state index in [4.69, 9.17) is 4.74 Å². The maximum atomic E-state index is 12.4. The Morgan fingerprint density at radius 2 is 1.42 bits per heavy atom. The number of ether oxygens (including phenoxy) is 1. The highest BCUT2D eigenvalue weighted by molar-refractivity contribution is 5.35. The molecule has 0 unspecified atom stereocenters. The summed E-state index contributed by atoms with van der Waals surface area (Å²) >= 11 is 0. The van der Waals surface area contributed by atoms with Crippen molar-refractivity contribution in [2.45, 2.75) is 20.0 Å². The van der Waals surface area contributed by atoms with Gasteiger partial charge in [-0.1, -0.05) is 0 Å². The number of alkyl halides is 3. The van der Waals surface area contributed by atoms with Crippen molar-refractivity contribution in [1.82, 2.24) is 4.98 Å². The Kier molecular flexibility index (Phi) is 3.46. The Bertz CT molecular complexity index is 556. The molecule has 0 amide bonds. The standard InChI is InChI=1S/C14H12F3NO/c1-9-7-13(8-10(2)18-9)19-12-5-3-11(4-6-12)14(15,16)17/h3-8H,1-2H3. The highest BCUT2D eigenvalue weighted by atomic mass is 19.4. The number of pyridine rings is 1. The van der Waals surface area contributed by atoms with Crippen molar-refractivity contribution >= 4 is 0 Å². The van der Waals surface area contributed by atoms with Gasteiger partial charge < -0.3 is 4.74 Å². The molecule has 1 heterocycles. The predicted octanol–water partition coefficient (Wildman–Crippen LogP) is 4.51. The van der Waals surface area contributed by atoms with E-state index in [1.54, 1.807) is 12.1 Å². The van der Waals surface area contributed by atoms with Gasteiger partial charge in [0.05, 0.1) is 5.56 Å². The second-order valence-electron chi connectivity index (χ2n) is 4.21. The highest BCUT2D eigenvalue weighted by Gasteiger charge is 2.30. The van der Waals surface area contributed by atoms with Crippen LogP contribution in [-0.4, -0.2) is 4.98 Å². The summed E-state index contributed by atoms with van der Waals surface area (Å²) in [6.45, 7) is 3.65. The lowest BCUT2D eigenvalue weighted by molar-refractivity contribution is -0.137. The van der Waals surface area contributed by atoms with Gasteiger partial charge in [0.15, 0.2) is 0 Å². The molecule has 0 fully saturated rings. The molecular weight excluding hydrogens is 255 g/mol. The molecule has 0 aliphatic rings. The van der Waals surface area contributed by atoms with Crippen LogP contribution in [0.2, 0.25) is 0 Å². The molecule has 1 aromatic heterocycles. The number of nitrogens with zero attached hydrogens (tertiary/aromatic N) is 1. The lowest BCUT2D eigenvalue weighted by atomic mass is 10.2. The maximum Gasteiger partial charge on any atom is 0.416 e. The lowest BCUT2D eigenvalue weighted by Gasteiger charge is -2.09. The van der Waals surface area contributed by atoms with Crippen LogP contribution in [0.4, 0.5) is 13.2 Å². The summed E-state index contributed by atoms with van der Waals surface area (Å²) in [5.41, 5.74) is 0.894. The quantitative estimate of drug-likeness (QED) is 0.798. The van der Waals surface area contributed by atoms with Crippen molar-refractivity contribution in [3.63, 3.8) is 0 Å². The summed E-state index contributed by atoms with van der Waals surface area (Å²) in [5.74, 6) is 0.919. The van der Waals surface area contributed by atoms with Crippen LogP contribution in [0.1, 0.15) is 17.0 Å². The van der Waals surface area contributed by atoms with E-state index in [1.165, 1.54) is 12.1 Å². The van der Waals surface area contributed by atoms with Crippen molar-refractivity contribution in [2.24, 2.45) is 0 Å². The first-order chi connectivity index (χ1) is 8.84.